The zero-order valence-electron chi connectivity index (χ0n) is 12.8. The predicted octanol–water partition coefficient (Wildman–Crippen LogP) is 0.738. The summed E-state index contributed by atoms with van der Waals surface area (Å²) in [5.41, 5.74) is 3.08. The molecule has 1 aromatic carbocycles. The molecule has 0 saturated carbocycles. The summed E-state index contributed by atoms with van der Waals surface area (Å²) in [6.45, 7) is 0.249. The highest BCUT2D eigenvalue weighted by atomic mass is 32.2. The van der Waals surface area contributed by atoms with Gasteiger partial charge >= 0.3 is 0 Å². The summed E-state index contributed by atoms with van der Waals surface area (Å²) in [6.07, 6.45) is 2.82. The van der Waals surface area contributed by atoms with E-state index in [1.165, 1.54) is 23.9 Å². The van der Waals surface area contributed by atoms with Crippen molar-refractivity contribution < 1.29 is 13.2 Å². The number of thiazole rings is 1. The Bertz CT molecular complexity index is 977. The molecule has 0 atom stereocenters. The second kappa shape index (κ2) is 6.67. The van der Waals surface area contributed by atoms with Gasteiger partial charge in [-0.25, -0.2) is 23.1 Å². The third-order valence-corrected chi connectivity index (χ3v) is 5.39. The molecule has 24 heavy (non-hydrogen) atoms. The number of nitrogens with zero attached hydrogens (tertiary/aromatic N) is 3. The molecule has 0 fully saturated rings. The van der Waals surface area contributed by atoms with E-state index in [-0.39, 0.29) is 24.0 Å². The Morgan fingerprint density at radius 3 is 2.88 bits per heavy atom. The molecule has 0 radical (unpaired) electrons. The van der Waals surface area contributed by atoms with Gasteiger partial charge < -0.3 is 9.88 Å². The van der Waals surface area contributed by atoms with Gasteiger partial charge in [0.1, 0.15) is 0 Å². The lowest BCUT2D eigenvalue weighted by Gasteiger charge is -2.06. The molecule has 3 aromatic rings. The zero-order chi connectivity index (χ0) is 17.2. The molecule has 0 spiro atoms. The van der Waals surface area contributed by atoms with Gasteiger partial charge in [0.15, 0.2) is 5.03 Å². The van der Waals surface area contributed by atoms with Crippen molar-refractivity contribution in [3.63, 3.8) is 0 Å². The Hall–Kier alpha value is -2.30. The van der Waals surface area contributed by atoms with Crippen LogP contribution in [0.1, 0.15) is 10.4 Å². The number of imidazole rings is 1. The molecule has 2 heterocycles. The number of fused-ring (bicyclic) bond motifs is 1. The lowest BCUT2D eigenvalue weighted by atomic mass is 10.2. The van der Waals surface area contributed by atoms with Crippen LogP contribution in [0.4, 0.5) is 0 Å². The number of sulfonamides is 1. The first-order chi connectivity index (χ1) is 11.5. The lowest BCUT2D eigenvalue weighted by molar-refractivity contribution is 0.0954. The van der Waals surface area contributed by atoms with Gasteiger partial charge in [-0.1, -0.05) is 0 Å². The molecule has 2 aromatic heterocycles. The van der Waals surface area contributed by atoms with Crippen LogP contribution in [0.15, 0.2) is 41.3 Å². The highest BCUT2D eigenvalue weighted by Gasteiger charge is 2.16. The maximum atomic E-state index is 12.1. The fourth-order valence-electron chi connectivity index (χ4n) is 2.06. The van der Waals surface area contributed by atoms with Gasteiger partial charge in [0.2, 0.25) is 0 Å². The van der Waals surface area contributed by atoms with Crippen LogP contribution in [-0.4, -0.2) is 41.9 Å². The first kappa shape index (κ1) is 16.6. The largest absolute Gasteiger partial charge is 0.351 e. The highest BCUT2D eigenvalue weighted by molar-refractivity contribution is 7.89. The van der Waals surface area contributed by atoms with Crippen LogP contribution in [0, 0.1) is 0 Å². The van der Waals surface area contributed by atoms with E-state index in [4.69, 9.17) is 0 Å². The third-order valence-electron chi connectivity index (χ3n) is 3.25. The standard InChI is InChI=1S/C14H15N5O3S2/c1-19-7-13(16-8-19)24(21,22)18-5-4-15-14(20)10-2-3-11-12(6-10)23-9-17-11/h2-3,6-9,18H,4-5H2,1H3,(H,15,20). The molecule has 0 saturated heterocycles. The third kappa shape index (κ3) is 3.61. The molecule has 0 aliphatic carbocycles. The first-order valence-corrected chi connectivity index (χ1v) is 9.41. The summed E-state index contributed by atoms with van der Waals surface area (Å²) < 4.78 is 28.8. The Kier molecular flexibility index (Phi) is 4.60. The molecule has 2 N–H and O–H groups in total. The molecular formula is C14H15N5O3S2. The number of hydrogen-bond donors (Lipinski definition) is 2. The predicted molar refractivity (Wildman–Crippen MR) is 90.3 cm³/mol. The minimum atomic E-state index is -3.66. The second-order valence-corrected chi connectivity index (χ2v) is 7.67. The van der Waals surface area contributed by atoms with E-state index in [0.717, 1.165) is 10.2 Å². The second-order valence-electron chi connectivity index (χ2n) is 5.07. The van der Waals surface area contributed by atoms with Crippen molar-refractivity contribution in [2.75, 3.05) is 13.1 Å². The fraction of sp³-hybridized carbons (Fsp3) is 0.214. The number of rotatable bonds is 6. The van der Waals surface area contributed by atoms with Crippen LogP contribution in [0.2, 0.25) is 0 Å². The Morgan fingerprint density at radius 1 is 1.29 bits per heavy atom. The van der Waals surface area contributed by atoms with E-state index in [9.17, 15) is 13.2 Å². The quantitative estimate of drug-likeness (QED) is 0.627. The molecular weight excluding hydrogens is 350 g/mol. The van der Waals surface area contributed by atoms with Crippen molar-refractivity contribution in [1.82, 2.24) is 24.6 Å². The summed E-state index contributed by atoms with van der Waals surface area (Å²) in [7, 11) is -1.98. The van der Waals surface area contributed by atoms with Crippen molar-refractivity contribution in [2.24, 2.45) is 7.05 Å². The number of carbonyl (C=O) groups excluding carboxylic acids is 1. The summed E-state index contributed by atoms with van der Waals surface area (Å²) in [5.74, 6) is -0.262. The van der Waals surface area contributed by atoms with Crippen LogP contribution in [-0.2, 0) is 17.1 Å². The zero-order valence-corrected chi connectivity index (χ0v) is 14.4. The highest BCUT2D eigenvalue weighted by Crippen LogP contribution is 2.18. The maximum absolute atomic E-state index is 12.1. The summed E-state index contributed by atoms with van der Waals surface area (Å²) in [6, 6.07) is 5.24. The van der Waals surface area contributed by atoms with Crippen LogP contribution in [0.5, 0.6) is 0 Å². The Labute approximate surface area is 142 Å². The average molecular weight is 365 g/mol. The number of hydrogen-bond acceptors (Lipinski definition) is 6. The van der Waals surface area contributed by atoms with Crippen LogP contribution >= 0.6 is 11.3 Å². The first-order valence-electron chi connectivity index (χ1n) is 7.05. The van der Waals surface area contributed by atoms with Crippen molar-refractivity contribution >= 4 is 37.5 Å². The number of carbonyl (C=O) groups is 1. The normalized spacial score (nSPS) is 11.7. The lowest BCUT2D eigenvalue weighted by Crippen LogP contribution is -2.34. The maximum Gasteiger partial charge on any atom is 0.259 e. The average Bonchev–Trinajstić information content (AvgIpc) is 3.19. The monoisotopic (exact) mass is 365 g/mol. The molecule has 1 amide bonds. The summed E-state index contributed by atoms with van der Waals surface area (Å²) in [5, 5.41) is 2.63. The number of amides is 1. The molecule has 8 nitrogen and oxygen atoms in total. The smallest absolute Gasteiger partial charge is 0.259 e. The SMILES string of the molecule is Cn1cnc(S(=O)(=O)NCCNC(=O)c2ccc3ncsc3c2)c1. The molecule has 126 valence electrons. The van der Waals surface area contributed by atoms with Gasteiger partial charge in [-0.2, -0.15) is 0 Å². The van der Waals surface area contributed by atoms with Gasteiger partial charge in [0, 0.05) is 31.9 Å². The van der Waals surface area contributed by atoms with Crippen molar-refractivity contribution in [1.29, 1.82) is 0 Å². The minimum absolute atomic E-state index is 0.0491. The van der Waals surface area contributed by atoms with Crippen LogP contribution < -0.4 is 10.0 Å². The van der Waals surface area contributed by atoms with Crippen molar-refractivity contribution in [2.45, 2.75) is 5.03 Å². The summed E-state index contributed by atoms with van der Waals surface area (Å²) in [4.78, 5) is 20.0. The topological polar surface area (TPSA) is 106 Å². The van der Waals surface area contributed by atoms with Crippen molar-refractivity contribution in [3.8, 4) is 0 Å². The van der Waals surface area contributed by atoms with Gasteiger partial charge in [0.05, 0.1) is 22.1 Å². The number of nitrogens with one attached hydrogen (secondary N) is 2. The van der Waals surface area contributed by atoms with Crippen molar-refractivity contribution in [3.05, 3.63) is 41.8 Å². The molecule has 3 rings (SSSR count). The van der Waals surface area contributed by atoms with Gasteiger partial charge in [-0.05, 0) is 18.2 Å². The van der Waals surface area contributed by atoms with E-state index in [2.05, 4.69) is 20.0 Å². The van der Waals surface area contributed by atoms with E-state index < -0.39 is 10.0 Å². The Morgan fingerprint density at radius 2 is 2.12 bits per heavy atom. The molecule has 0 bridgehead atoms. The van der Waals surface area contributed by atoms with Crippen LogP contribution in [0.25, 0.3) is 10.2 Å². The molecule has 0 aliphatic rings. The Balaban J connectivity index is 1.53. The van der Waals surface area contributed by atoms with Gasteiger partial charge in [-0.15, -0.1) is 11.3 Å². The van der Waals surface area contributed by atoms with E-state index in [1.807, 2.05) is 0 Å². The van der Waals surface area contributed by atoms with E-state index >= 15 is 0 Å². The van der Waals surface area contributed by atoms with E-state index in [0.29, 0.717) is 5.56 Å². The van der Waals surface area contributed by atoms with Gasteiger partial charge in [0.25, 0.3) is 15.9 Å². The van der Waals surface area contributed by atoms with Crippen LogP contribution in [0.3, 0.4) is 0 Å². The minimum Gasteiger partial charge on any atom is -0.351 e. The number of benzene rings is 1. The molecule has 0 unspecified atom stereocenters. The fourth-order valence-corrected chi connectivity index (χ4v) is 3.79. The molecule has 10 heteroatoms. The number of aromatic nitrogens is 3. The number of aryl methyl sites for hydroxylation is 1. The molecule has 0 aliphatic heterocycles. The summed E-state index contributed by atoms with van der Waals surface area (Å²) >= 11 is 1.46. The van der Waals surface area contributed by atoms with Gasteiger partial charge in [-0.3, -0.25) is 4.79 Å². The van der Waals surface area contributed by atoms with E-state index in [1.54, 1.807) is 35.3 Å².